The smallest absolute Gasteiger partial charge is 0.134 e. The fourth-order valence-corrected chi connectivity index (χ4v) is 2.41. The summed E-state index contributed by atoms with van der Waals surface area (Å²) in [6, 6.07) is 8.06. The van der Waals surface area contributed by atoms with Crippen LogP contribution in [0.25, 0.3) is 11.0 Å². The lowest BCUT2D eigenvalue weighted by molar-refractivity contribution is 0.113. The molecule has 0 aliphatic heterocycles. The van der Waals surface area contributed by atoms with Crippen molar-refractivity contribution >= 4 is 11.0 Å². The summed E-state index contributed by atoms with van der Waals surface area (Å²) in [5.41, 5.74) is 2.10. The molecule has 2 rings (SSSR count). The van der Waals surface area contributed by atoms with E-state index in [2.05, 4.69) is 25.2 Å². The van der Waals surface area contributed by atoms with Gasteiger partial charge in [0.05, 0.1) is 6.26 Å². The summed E-state index contributed by atoms with van der Waals surface area (Å²) in [5.74, 6) is 0. The predicted octanol–water partition coefficient (Wildman–Crippen LogP) is 3.32. The van der Waals surface area contributed by atoms with Crippen molar-refractivity contribution < 1.29 is 9.52 Å². The van der Waals surface area contributed by atoms with E-state index in [4.69, 9.17) is 4.42 Å². The van der Waals surface area contributed by atoms with E-state index in [1.807, 2.05) is 24.5 Å². The van der Waals surface area contributed by atoms with E-state index in [1.54, 1.807) is 0 Å². The number of para-hydroxylation sites is 1. The topological polar surface area (TPSA) is 45.4 Å². The number of nitrogens with one attached hydrogen (secondary N) is 1. The second-order valence-electron chi connectivity index (χ2n) is 5.23. The molecule has 0 saturated heterocycles. The first kappa shape index (κ1) is 14.1. The second-order valence-corrected chi connectivity index (χ2v) is 5.23. The molecule has 0 bridgehead atoms. The van der Waals surface area contributed by atoms with Gasteiger partial charge in [-0.15, -0.1) is 0 Å². The average Bonchev–Trinajstić information content (AvgIpc) is 2.88. The van der Waals surface area contributed by atoms with Crippen molar-refractivity contribution in [2.45, 2.75) is 33.2 Å². The highest BCUT2D eigenvalue weighted by atomic mass is 16.3. The normalized spacial score (nSPS) is 12.2. The Morgan fingerprint density at radius 3 is 2.63 bits per heavy atom. The Hall–Kier alpha value is -1.32. The second kappa shape index (κ2) is 6.22. The van der Waals surface area contributed by atoms with Crippen LogP contribution in [0.1, 0.15) is 32.3 Å². The minimum Gasteiger partial charge on any atom is -0.464 e. The van der Waals surface area contributed by atoms with Gasteiger partial charge in [-0.05, 0) is 18.9 Å². The lowest BCUT2D eigenvalue weighted by atomic mass is 9.83. The van der Waals surface area contributed by atoms with Crippen molar-refractivity contribution in [3.8, 4) is 0 Å². The molecule has 2 aromatic rings. The van der Waals surface area contributed by atoms with Crippen molar-refractivity contribution in [3.63, 3.8) is 0 Å². The van der Waals surface area contributed by atoms with Gasteiger partial charge in [-0.1, -0.05) is 32.0 Å². The van der Waals surface area contributed by atoms with Crippen LogP contribution in [0.3, 0.4) is 0 Å². The number of hydrogen-bond donors (Lipinski definition) is 2. The summed E-state index contributed by atoms with van der Waals surface area (Å²) in [4.78, 5) is 0. The summed E-state index contributed by atoms with van der Waals surface area (Å²) >= 11 is 0. The SMILES string of the molecule is CCC(CC)(CO)CNCc1coc2ccccc12. The molecule has 1 heterocycles. The minimum absolute atomic E-state index is 0.000457. The maximum atomic E-state index is 9.55. The van der Waals surface area contributed by atoms with Gasteiger partial charge in [0.1, 0.15) is 5.58 Å². The third-order valence-electron chi connectivity index (χ3n) is 4.21. The molecule has 19 heavy (non-hydrogen) atoms. The fourth-order valence-electron chi connectivity index (χ4n) is 2.41. The van der Waals surface area contributed by atoms with E-state index in [0.29, 0.717) is 0 Å². The summed E-state index contributed by atoms with van der Waals surface area (Å²) in [6.45, 7) is 6.11. The molecular formula is C16H23NO2. The van der Waals surface area contributed by atoms with Crippen LogP contribution < -0.4 is 5.32 Å². The van der Waals surface area contributed by atoms with Gasteiger partial charge in [-0.2, -0.15) is 0 Å². The molecule has 1 aromatic heterocycles. The third-order valence-corrected chi connectivity index (χ3v) is 4.21. The number of hydrogen-bond acceptors (Lipinski definition) is 3. The first-order chi connectivity index (χ1) is 9.24. The highest BCUT2D eigenvalue weighted by Gasteiger charge is 2.24. The van der Waals surface area contributed by atoms with E-state index in [1.165, 1.54) is 5.56 Å². The number of fused-ring (bicyclic) bond motifs is 1. The molecule has 1 aromatic carbocycles. The lowest BCUT2D eigenvalue weighted by Gasteiger charge is -2.29. The molecule has 0 aliphatic rings. The van der Waals surface area contributed by atoms with E-state index in [0.717, 1.165) is 36.9 Å². The monoisotopic (exact) mass is 261 g/mol. The van der Waals surface area contributed by atoms with Crippen LogP contribution in [-0.2, 0) is 6.54 Å². The Morgan fingerprint density at radius 1 is 1.21 bits per heavy atom. The average molecular weight is 261 g/mol. The molecule has 0 unspecified atom stereocenters. The molecule has 0 saturated carbocycles. The van der Waals surface area contributed by atoms with Gasteiger partial charge in [0, 0.05) is 36.1 Å². The van der Waals surface area contributed by atoms with E-state index < -0.39 is 0 Å². The number of aliphatic hydroxyl groups is 1. The maximum Gasteiger partial charge on any atom is 0.134 e. The van der Waals surface area contributed by atoms with Crippen molar-refractivity contribution in [3.05, 3.63) is 36.1 Å². The molecule has 3 heteroatoms. The Morgan fingerprint density at radius 2 is 1.95 bits per heavy atom. The standard InChI is InChI=1S/C16H23NO2/c1-3-16(4-2,12-18)11-17-9-13-10-19-15-8-6-5-7-14(13)15/h5-8,10,17-18H,3-4,9,11-12H2,1-2H3. The van der Waals surface area contributed by atoms with Crippen LogP contribution in [0.4, 0.5) is 0 Å². The molecule has 2 N–H and O–H groups in total. The van der Waals surface area contributed by atoms with Gasteiger partial charge in [-0.25, -0.2) is 0 Å². The van der Waals surface area contributed by atoms with Crippen LogP contribution in [0.15, 0.2) is 34.9 Å². The van der Waals surface area contributed by atoms with Gasteiger partial charge in [0.25, 0.3) is 0 Å². The van der Waals surface area contributed by atoms with Crippen molar-refractivity contribution in [2.24, 2.45) is 5.41 Å². The highest BCUT2D eigenvalue weighted by molar-refractivity contribution is 5.80. The summed E-state index contributed by atoms with van der Waals surface area (Å²) < 4.78 is 5.52. The quantitative estimate of drug-likeness (QED) is 0.803. The van der Waals surface area contributed by atoms with Crippen LogP contribution in [0.2, 0.25) is 0 Å². The predicted molar refractivity (Wildman–Crippen MR) is 78.0 cm³/mol. The van der Waals surface area contributed by atoms with E-state index in [9.17, 15) is 5.11 Å². The molecule has 0 aliphatic carbocycles. The Kier molecular flexibility index (Phi) is 4.61. The van der Waals surface area contributed by atoms with Crippen molar-refractivity contribution in [1.82, 2.24) is 5.32 Å². The Balaban J connectivity index is 1.99. The van der Waals surface area contributed by atoms with Gasteiger partial charge >= 0.3 is 0 Å². The van der Waals surface area contributed by atoms with Gasteiger partial charge in [-0.3, -0.25) is 0 Å². The van der Waals surface area contributed by atoms with Crippen LogP contribution in [0.5, 0.6) is 0 Å². The first-order valence-electron chi connectivity index (χ1n) is 7.01. The first-order valence-corrected chi connectivity index (χ1v) is 7.01. The third kappa shape index (κ3) is 2.99. The lowest BCUT2D eigenvalue weighted by Crippen LogP contribution is -2.36. The van der Waals surface area contributed by atoms with Gasteiger partial charge < -0.3 is 14.8 Å². The fraction of sp³-hybridized carbons (Fsp3) is 0.500. The van der Waals surface area contributed by atoms with Crippen LogP contribution >= 0.6 is 0 Å². The molecule has 0 radical (unpaired) electrons. The largest absolute Gasteiger partial charge is 0.464 e. The zero-order chi connectivity index (χ0) is 13.7. The van der Waals surface area contributed by atoms with Crippen LogP contribution in [-0.4, -0.2) is 18.3 Å². The molecule has 0 spiro atoms. The molecule has 0 fully saturated rings. The van der Waals surface area contributed by atoms with Gasteiger partial charge in [0.2, 0.25) is 0 Å². The molecule has 3 nitrogen and oxygen atoms in total. The zero-order valence-corrected chi connectivity index (χ0v) is 11.8. The van der Waals surface area contributed by atoms with Crippen LogP contribution in [0, 0.1) is 5.41 Å². The molecule has 0 amide bonds. The molecule has 104 valence electrons. The van der Waals surface area contributed by atoms with Crippen molar-refractivity contribution in [2.75, 3.05) is 13.2 Å². The molecule has 0 atom stereocenters. The summed E-state index contributed by atoms with van der Waals surface area (Å²) in [7, 11) is 0. The number of benzene rings is 1. The summed E-state index contributed by atoms with van der Waals surface area (Å²) in [5, 5.41) is 14.2. The Bertz CT molecular complexity index is 506. The number of rotatable bonds is 7. The number of furan rings is 1. The van der Waals surface area contributed by atoms with Gasteiger partial charge in [0.15, 0.2) is 0 Å². The maximum absolute atomic E-state index is 9.55. The number of aliphatic hydroxyl groups excluding tert-OH is 1. The van der Waals surface area contributed by atoms with Crippen molar-refractivity contribution in [1.29, 1.82) is 0 Å². The minimum atomic E-state index is -0.000457. The summed E-state index contributed by atoms with van der Waals surface area (Å²) in [6.07, 6.45) is 3.79. The zero-order valence-electron chi connectivity index (χ0n) is 11.8. The van der Waals surface area contributed by atoms with E-state index in [-0.39, 0.29) is 12.0 Å². The Labute approximate surface area is 114 Å². The van der Waals surface area contributed by atoms with E-state index >= 15 is 0 Å². The molecular weight excluding hydrogens is 238 g/mol. The highest BCUT2D eigenvalue weighted by Crippen LogP contribution is 2.25.